The predicted molar refractivity (Wildman–Crippen MR) is 83.2 cm³/mol. The minimum absolute atomic E-state index is 0.0760. The van der Waals surface area contributed by atoms with Crippen molar-refractivity contribution in [1.29, 1.82) is 0 Å². The Morgan fingerprint density at radius 1 is 1.29 bits per heavy atom. The number of rotatable bonds is 7. The van der Waals surface area contributed by atoms with Gasteiger partial charge in [0.05, 0.1) is 6.42 Å². The van der Waals surface area contributed by atoms with Crippen LogP contribution in [0.25, 0.3) is 0 Å². The minimum atomic E-state index is -0.143. The number of nitrogens with one attached hydrogen (secondary N) is 1. The molecule has 1 heterocycles. The molecule has 1 aliphatic heterocycles. The van der Waals surface area contributed by atoms with Crippen molar-refractivity contribution in [2.45, 2.75) is 45.6 Å². The van der Waals surface area contributed by atoms with Gasteiger partial charge in [-0.25, -0.2) is 0 Å². The van der Waals surface area contributed by atoms with Crippen LogP contribution in [0.2, 0.25) is 0 Å². The van der Waals surface area contributed by atoms with Gasteiger partial charge in [-0.1, -0.05) is 25.1 Å². The average Bonchev–Trinajstić information content (AvgIpc) is 2.48. The molecule has 4 heteroatoms. The standard InChI is InChI=1S/C17H24N2O2/c1-3-10-18-13(2)7-6-11-19-16(20)12-14-8-4-5-9-15(14)17(19)21/h4-5,8-9,13,18H,3,6-7,10-12H2,1-2H3. The lowest BCUT2D eigenvalue weighted by Gasteiger charge is -2.27. The Hall–Kier alpha value is -1.68. The van der Waals surface area contributed by atoms with Crippen LogP contribution in [-0.4, -0.2) is 35.8 Å². The summed E-state index contributed by atoms with van der Waals surface area (Å²) in [6.45, 7) is 5.81. The first kappa shape index (κ1) is 15.7. The number of imide groups is 1. The molecule has 0 fully saturated rings. The summed E-state index contributed by atoms with van der Waals surface area (Å²) < 4.78 is 0. The predicted octanol–water partition coefficient (Wildman–Crippen LogP) is 2.38. The van der Waals surface area contributed by atoms with Crippen LogP contribution in [0.1, 0.15) is 49.0 Å². The van der Waals surface area contributed by atoms with Crippen molar-refractivity contribution >= 4 is 11.8 Å². The van der Waals surface area contributed by atoms with Gasteiger partial charge in [-0.15, -0.1) is 0 Å². The first-order chi connectivity index (χ1) is 10.1. The van der Waals surface area contributed by atoms with E-state index in [4.69, 9.17) is 0 Å². The Morgan fingerprint density at radius 3 is 2.81 bits per heavy atom. The summed E-state index contributed by atoms with van der Waals surface area (Å²) in [6.07, 6.45) is 3.27. The largest absolute Gasteiger partial charge is 0.314 e. The van der Waals surface area contributed by atoms with Gasteiger partial charge in [0.2, 0.25) is 5.91 Å². The summed E-state index contributed by atoms with van der Waals surface area (Å²) in [7, 11) is 0. The normalized spacial score (nSPS) is 16.0. The molecule has 1 atom stereocenters. The second kappa shape index (κ2) is 7.36. The molecule has 0 spiro atoms. The topological polar surface area (TPSA) is 49.4 Å². The van der Waals surface area contributed by atoms with Gasteiger partial charge in [0.15, 0.2) is 0 Å². The third kappa shape index (κ3) is 3.91. The van der Waals surface area contributed by atoms with Gasteiger partial charge >= 0.3 is 0 Å². The van der Waals surface area contributed by atoms with E-state index in [-0.39, 0.29) is 11.8 Å². The molecule has 0 aromatic heterocycles. The summed E-state index contributed by atoms with van der Waals surface area (Å²) in [5.41, 5.74) is 1.52. The lowest BCUT2D eigenvalue weighted by molar-refractivity contribution is -0.128. The van der Waals surface area contributed by atoms with E-state index in [0.29, 0.717) is 24.6 Å². The molecule has 0 radical (unpaired) electrons. The van der Waals surface area contributed by atoms with Crippen molar-refractivity contribution in [3.05, 3.63) is 35.4 Å². The van der Waals surface area contributed by atoms with Gasteiger partial charge in [0.1, 0.15) is 0 Å². The van der Waals surface area contributed by atoms with Gasteiger partial charge in [-0.05, 0) is 44.4 Å². The summed E-state index contributed by atoms with van der Waals surface area (Å²) in [4.78, 5) is 25.9. The Labute approximate surface area is 126 Å². The SMILES string of the molecule is CCCNC(C)CCCN1C(=O)Cc2ccccc2C1=O. The van der Waals surface area contributed by atoms with Gasteiger partial charge in [0.25, 0.3) is 5.91 Å². The maximum atomic E-state index is 12.4. The smallest absolute Gasteiger partial charge is 0.260 e. The minimum Gasteiger partial charge on any atom is -0.314 e. The van der Waals surface area contributed by atoms with Crippen molar-refractivity contribution < 1.29 is 9.59 Å². The maximum Gasteiger partial charge on any atom is 0.260 e. The molecule has 1 aliphatic rings. The fourth-order valence-electron chi connectivity index (χ4n) is 2.67. The van der Waals surface area contributed by atoms with Gasteiger partial charge in [-0.3, -0.25) is 14.5 Å². The van der Waals surface area contributed by atoms with E-state index < -0.39 is 0 Å². The van der Waals surface area contributed by atoms with E-state index in [9.17, 15) is 9.59 Å². The first-order valence-electron chi connectivity index (χ1n) is 7.79. The maximum absolute atomic E-state index is 12.4. The van der Waals surface area contributed by atoms with E-state index in [2.05, 4.69) is 19.2 Å². The first-order valence-corrected chi connectivity index (χ1v) is 7.79. The number of carbonyl (C=O) groups is 2. The molecule has 0 saturated heterocycles. The molecule has 21 heavy (non-hydrogen) atoms. The second-order valence-electron chi connectivity index (χ2n) is 5.68. The molecule has 1 N–H and O–H groups in total. The summed E-state index contributed by atoms with van der Waals surface area (Å²) in [6, 6.07) is 7.81. The molecular formula is C17H24N2O2. The Morgan fingerprint density at radius 2 is 2.05 bits per heavy atom. The lowest BCUT2D eigenvalue weighted by Crippen LogP contribution is -2.43. The number of hydrogen-bond acceptors (Lipinski definition) is 3. The highest BCUT2D eigenvalue weighted by molar-refractivity contribution is 6.09. The van der Waals surface area contributed by atoms with Crippen LogP contribution in [-0.2, 0) is 11.2 Å². The van der Waals surface area contributed by atoms with Gasteiger partial charge in [0, 0.05) is 18.2 Å². The van der Waals surface area contributed by atoms with Crippen LogP contribution in [0.3, 0.4) is 0 Å². The Kier molecular flexibility index (Phi) is 5.51. The average molecular weight is 288 g/mol. The van der Waals surface area contributed by atoms with Gasteiger partial charge in [-0.2, -0.15) is 0 Å². The monoisotopic (exact) mass is 288 g/mol. The van der Waals surface area contributed by atoms with Crippen LogP contribution in [0.4, 0.5) is 0 Å². The van der Waals surface area contributed by atoms with Crippen molar-refractivity contribution in [2.75, 3.05) is 13.1 Å². The zero-order valence-corrected chi connectivity index (χ0v) is 12.9. The Balaban J connectivity index is 1.89. The second-order valence-corrected chi connectivity index (χ2v) is 5.68. The molecule has 0 saturated carbocycles. The molecule has 0 bridgehead atoms. The molecule has 1 aromatic rings. The number of amides is 2. The summed E-state index contributed by atoms with van der Waals surface area (Å²) in [5, 5.41) is 3.42. The van der Waals surface area contributed by atoms with E-state index in [0.717, 1.165) is 31.4 Å². The number of nitrogens with zero attached hydrogens (tertiary/aromatic N) is 1. The van der Waals surface area contributed by atoms with Crippen LogP contribution in [0.5, 0.6) is 0 Å². The zero-order valence-electron chi connectivity index (χ0n) is 12.9. The Bertz CT molecular complexity index is 513. The molecule has 4 nitrogen and oxygen atoms in total. The van der Waals surface area contributed by atoms with Crippen molar-refractivity contribution in [1.82, 2.24) is 10.2 Å². The van der Waals surface area contributed by atoms with E-state index >= 15 is 0 Å². The zero-order chi connectivity index (χ0) is 15.2. The van der Waals surface area contributed by atoms with Crippen LogP contribution in [0.15, 0.2) is 24.3 Å². The highest BCUT2D eigenvalue weighted by Crippen LogP contribution is 2.20. The number of fused-ring (bicyclic) bond motifs is 1. The van der Waals surface area contributed by atoms with E-state index in [1.54, 1.807) is 0 Å². The number of carbonyl (C=O) groups excluding carboxylic acids is 2. The molecular weight excluding hydrogens is 264 g/mol. The van der Waals surface area contributed by atoms with E-state index in [1.807, 2.05) is 24.3 Å². The molecule has 2 rings (SSSR count). The van der Waals surface area contributed by atoms with Crippen LogP contribution in [0, 0.1) is 0 Å². The summed E-state index contributed by atoms with van der Waals surface area (Å²) in [5.74, 6) is -0.219. The van der Waals surface area contributed by atoms with Gasteiger partial charge < -0.3 is 5.32 Å². The fraction of sp³-hybridized carbons (Fsp3) is 0.529. The fourth-order valence-corrected chi connectivity index (χ4v) is 2.67. The molecule has 1 aromatic carbocycles. The number of hydrogen-bond donors (Lipinski definition) is 1. The van der Waals surface area contributed by atoms with E-state index in [1.165, 1.54) is 4.90 Å². The highest BCUT2D eigenvalue weighted by atomic mass is 16.2. The summed E-state index contributed by atoms with van der Waals surface area (Å²) >= 11 is 0. The van der Waals surface area contributed by atoms with Crippen LogP contribution >= 0.6 is 0 Å². The quantitative estimate of drug-likeness (QED) is 0.784. The highest BCUT2D eigenvalue weighted by Gasteiger charge is 2.29. The molecule has 114 valence electrons. The molecule has 1 unspecified atom stereocenters. The number of benzene rings is 1. The van der Waals surface area contributed by atoms with Crippen LogP contribution < -0.4 is 5.32 Å². The van der Waals surface area contributed by atoms with Crippen molar-refractivity contribution in [3.63, 3.8) is 0 Å². The lowest BCUT2D eigenvalue weighted by atomic mass is 9.98. The molecule has 0 aliphatic carbocycles. The molecule has 2 amide bonds. The van der Waals surface area contributed by atoms with Crippen molar-refractivity contribution in [2.24, 2.45) is 0 Å². The van der Waals surface area contributed by atoms with Crippen molar-refractivity contribution in [3.8, 4) is 0 Å². The third-order valence-corrected chi connectivity index (χ3v) is 3.90. The third-order valence-electron chi connectivity index (χ3n) is 3.90.